The molecule has 1 atom stereocenters. The topological polar surface area (TPSA) is 49.5 Å². The largest absolute Gasteiger partial charge is 0.432 e. The highest BCUT2D eigenvalue weighted by Gasteiger charge is 2.17. The van der Waals surface area contributed by atoms with Gasteiger partial charge in [-0.2, -0.15) is 4.98 Å². The van der Waals surface area contributed by atoms with E-state index in [1.165, 1.54) is 6.26 Å². The van der Waals surface area contributed by atoms with Gasteiger partial charge >= 0.3 is 0 Å². The van der Waals surface area contributed by atoms with Crippen molar-refractivity contribution < 1.29 is 9.52 Å². The van der Waals surface area contributed by atoms with Gasteiger partial charge in [0.25, 0.3) is 6.01 Å². The van der Waals surface area contributed by atoms with Crippen molar-refractivity contribution in [1.29, 1.82) is 0 Å². The van der Waals surface area contributed by atoms with Gasteiger partial charge in [0.1, 0.15) is 12.0 Å². The molecular weight excluding hydrogens is 252 g/mol. The van der Waals surface area contributed by atoms with E-state index in [1.807, 2.05) is 43.1 Å². The Hall–Kier alpha value is -1.52. The number of hydrogen-bond donors (Lipinski definition) is 1. The van der Waals surface area contributed by atoms with Gasteiger partial charge in [0.15, 0.2) is 0 Å². The molecule has 1 aromatic carbocycles. The lowest BCUT2D eigenvalue weighted by atomic mass is 10.1. The maximum atomic E-state index is 8.97. The molecule has 0 radical (unpaired) electrons. The maximum Gasteiger partial charge on any atom is 0.297 e. The summed E-state index contributed by atoms with van der Waals surface area (Å²) in [6.07, 6.45) is 1.45. The zero-order chi connectivity index (χ0) is 13.1. The number of oxazole rings is 1. The highest BCUT2D eigenvalue weighted by atomic mass is 35.5. The Morgan fingerprint density at radius 3 is 2.89 bits per heavy atom. The van der Waals surface area contributed by atoms with Gasteiger partial charge in [-0.25, -0.2) is 0 Å². The lowest BCUT2D eigenvalue weighted by Gasteiger charge is -2.23. The molecular formula is C13H15ClN2O2. The number of rotatable bonds is 4. The predicted octanol–water partition coefficient (Wildman–Crippen LogP) is 3.02. The molecule has 1 aromatic heterocycles. The van der Waals surface area contributed by atoms with Gasteiger partial charge in [0.2, 0.25) is 0 Å². The summed E-state index contributed by atoms with van der Waals surface area (Å²) in [5, 5.41) is 9.67. The van der Waals surface area contributed by atoms with Crippen molar-refractivity contribution >= 4 is 17.6 Å². The van der Waals surface area contributed by atoms with Crippen LogP contribution in [0.2, 0.25) is 5.02 Å². The Labute approximate surface area is 111 Å². The molecule has 0 fully saturated rings. The van der Waals surface area contributed by atoms with Crippen LogP contribution in [0.25, 0.3) is 0 Å². The third-order valence-electron chi connectivity index (χ3n) is 2.92. The maximum absolute atomic E-state index is 8.97. The Bertz CT molecular complexity index is 527. The van der Waals surface area contributed by atoms with E-state index >= 15 is 0 Å². The molecule has 5 heteroatoms. The first-order valence-electron chi connectivity index (χ1n) is 5.65. The number of aliphatic hydroxyl groups is 1. The summed E-state index contributed by atoms with van der Waals surface area (Å²) in [4.78, 5) is 6.07. The molecule has 0 aliphatic heterocycles. The second-order valence-corrected chi connectivity index (χ2v) is 4.56. The van der Waals surface area contributed by atoms with E-state index in [4.69, 9.17) is 21.1 Å². The van der Waals surface area contributed by atoms with Crippen LogP contribution in [0.1, 0.15) is 24.2 Å². The van der Waals surface area contributed by atoms with Crippen molar-refractivity contribution in [3.63, 3.8) is 0 Å². The molecule has 0 bridgehead atoms. The molecule has 0 aliphatic rings. The predicted molar refractivity (Wildman–Crippen MR) is 70.7 cm³/mol. The summed E-state index contributed by atoms with van der Waals surface area (Å²) in [7, 11) is 1.89. The SMILES string of the molecule is CC(c1cccc(Cl)c1)N(C)c1nc(CO)co1. The number of benzene rings is 1. The molecule has 4 nitrogen and oxygen atoms in total. The van der Waals surface area contributed by atoms with Crippen LogP contribution in [0.15, 0.2) is 34.9 Å². The summed E-state index contributed by atoms with van der Waals surface area (Å²) < 4.78 is 5.31. The second-order valence-electron chi connectivity index (χ2n) is 4.12. The second kappa shape index (κ2) is 5.42. The highest BCUT2D eigenvalue weighted by molar-refractivity contribution is 6.30. The lowest BCUT2D eigenvalue weighted by molar-refractivity contribution is 0.276. The van der Waals surface area contributed by atoms with Crippen LogP contribution >= 0.6 is 11.6 Å². The fourth-order valence-corrected chi connectivity index (χ4v) is 1.89. The monoisotopic (exact) mass is 266 g/mol. The van der Waals surface area contributed by atoms with Crippen LogP contribution in [-0.2, 0) is 6.61 Å². The zero-order valence-electron chi connectivity index (χ0n) is 10.3. The summed E-state index contributed by atoms with van der Waals surface area (Å²) in [6.45, 7) is 1.91. The minimum atomic E-state index is -0.122. The van der Waals surface area contributed by atoms with Crippen molar-refractivity contribution in [2.75, 3.05) is 11.9 Å². The Kier molecular flexibility index (Phi) is 3.89. The first kappa shape index (κ1) is 12.9. The van der Waals surface area contributed by atoms with E-state index in [0.717, 1.165) is 5.56 Å². The number of aromatic nitrogens is 1. The van der Waals surface area contributed by atoms with Crippen LogP contribution in [0, 0.1) is 0 Å². The van der Waals surface area contributed by atoms with Crippen LogP contribution in [0.3, 0.4) is 0 Å². The number of nitrogens with zero attached hydrogens (tertiary/aromatic N) is 2. The van der Waals surface area contributed by atoms with E-state index in [-0.39, 0.29) is 12.6 Å². The van der Waals surface area contributed by atoms with Crippen molar-refractivity contribution in [1.82, 2.24) is 4.98 Å². The third-order valence-corrected chi connectivity index (χ3v) is 3.15. The molecule has 0 aliphatic carbocycles. The average molecular weight is 267 g/mol. The molecule has 0 amide bonds. The molecule has 96 valence electrons. The molecule has 2 rings (SSSR count). The number of aliphatic hydroxyl groups excluding tert-OH is 1. The van der Waals surface area contributed by atoms with E-state index in [0.29, 0.717) is 16.7 Å². The van der Waals surface area contributed by atoms with Crippen LogP contribution in [0.5, 0.6) is 0 Å². The minimum absolute atomic E-state index is 0.0777. The standard InChI is InChI=1S/C13H15ClN2O2/c1-9(10-4-3-5-11(14)6-10)16(2)13-15-12(7-17)8-18-13/h3-6,8-9,17H,7H2,1-2H3. The summed E-state index contributed by atoms with van der Waals surface area (Å²) in [6, 6.07) is 8.23. The van der Waals surface area contributed by atoms with E-state index in [2.05, 4.69) is 4.98 Å². The van der Waals surface area contributed by atoms with E-state index < -0.39 is 0 Å². The van der Waals surface area contributed by atoms with Gasteiger partial charge < -0.3 is 14.4 Å². The molecule has 0 spiro atoms. The lowest BCUT2D eigenvalue weighted by Crippen LogP contribution is -2.21. The molecule has 2 aromatic rings. The number of anilines is 1. The van der Waals surface area contributed by atoms with Crippen LogP contribution in [0.4, 0.5) is 6.01 Å². The summed E-state index contributed by atoms with van der Waals surface area (Å²) in [5.41, 5.74) is 1.60. The van der Waals surface area contributed by atoms with Crippen molar-refractivity contribution in [3.05, 3.63) is 46.8 Å². The smallest absolute Gasteiger partial charge is 0.297 e. The highest BCUT2D eigenvalue weighted by Crippen LogP contribution is 2.26. The van der Waals surface area contributed by atoms with Crippen LogP contribution < -0.4 is 4.90 Å². The molecule has 18 heavy (non-hydrogen) atoms. The Balaban J connectivity index is 2.20. The minimum Gasteiger partial charge on any atom is -0.432 e. The van der Waals surface area contributed by atoms with Gasteiger partial charge in [0.05, 0.1) is 12.6 Å². The van der Waals surface area contributed by atoms with E-state index in [9.17, 15) is 0 Å². The molecule has 1 unspecified atom stereocenters. The fraction of sp³-hybridized carbons (Fsp3) is 0.308. The molecule has 1 N–H and O–H groups in total. The summed E-state index contributed by atoms with van der Waals surface area (Å²) >= 11 is 5.98. The quantitative estimate of drug-likeness (QED) is 0.924. The number of hydrogen-bond acceptors (Lipinski definition) is 4. The first-order valence-corrected chi connectivity index (χ1v) is 6.03. The Morgan fingerprint density at radius 1 is 1.50 bits per heavy atom. The molecule has 0 saturated carbocycles. The normalized spacial score (nSPS) is 12.4. The van der Waals surface area contributed by atoms with Gasteiger partial charge in [-0.3, -0.25) is 0 Å². The number of halogens is 1. The molecule has 1 heterocycles. The van der Waals surface area contributed by atoms with Crippen molar-refractivity contribution in [2.45, 2.75) is 19.6 Å². The van der Waals surface area contributed by atoms with Gasteiger partial charge in [-0.05, 0) is 24.6 Å². The summed E-state index contributed by atoms with van der Waals surface area (Å²) in [5.74, 6) is 0. The Morgan fingerprint density at radius 2 is 2.28 bits per heavy atom. The molecule has 0 saturated heterocycles. The third kappa shape index (κ3) is 2.66. The van der Waals surface area contributed by atoms with Gasteiger partial charge in [0, 0.05) is 12.1 Å². The zero-order valence-corrected chi connectivity index (χ0v) is 11.1. The van der Waals surface area contributed by atoms with Crippen LogP contribution in [-0.4, -0.2) is 17.1 Å². The van der Waals surface area contributed by atoms with Gasteiger partial charge in [-0.15, -0.1) is 0 Å². The van der Waals surface area contributed by atoms with Gasteiger partial charge in [-0.1, -0.05) is 23.7 Å². The van der Waals surface area contributed by atoms with Crippen molar-refractivity contribution in [2.24, 2.45) is 0 Å². The van der Waals surface area contributed by atoms with E-state index in [1.54, 1.807) is 0 Å². The average Bonchev–Trinajstić information content (AvgIpc) is 2.85. The first-order chi connectivity index (χ1) is 8.61. The fourth-order valence-electron chi connectivity index (χ4n) is 1.69. The van der Waals surface area contributed by atoms with Crippen molar-refractivity contribution in [3.8, 4) is 0 Å².